The maximum absolute atomic E-state index is 11.4. The van der Waals surface area contributed by atoms with Gasteiger partial charge in [0.2, 0.25) is 0 Å². The largest absolute Gasteiger partial charge is 0.485 e. The standard InChI is InChI=1S/C15H20N4O3/c1-4-5-12(15(20)21)19-14(16-17-18-19)9-22-13-8-10(2)6-7-11(13)3/h6-8,12H,4-5,9H2,1-3H3,(H,20,21). The number of carboxylic acids is 1. The molecule has 0 aliphatic heterocycles. The molecule has 7 nitrogen and oxygen atoms in total. The Morgan fingerprint density at radius 1 is 1.41 bits per heavy atom. The quantitative estimate of drug-likeness (QED) is 0.844. The molecule has 1 atom stereocenters. The number of carboxylic acid groups (broad SMARTS) is 1. The van der Waals surface area contributed by atoms with Gasteiger partial charge in [0.15, 0.2) is 11.9 Å². The van der Waals surface area contributed by atoms with Crippen molar-refractivity contribution >= 4 is 5.97 Å². The van der Waals surface area contributed by atoms with E-state index in [2.05, 4.69) is 15.5 Å². The second kappa shape index (κ2) is 7.02. The van der Waals surface area contributed by atoms with Crippen molar-refractivity contribution in [2.24, 2.45) is 0 Å². The SMILES string of the molecule is CCCC(C(=O)O)n1nnnc1COc1cc(C)ccc1C. The van der Waals surface area contributed by atoms with Gasteiger partial charge in [0.1, 0.15) is 12.4 Å². The molecule has 0 saturated carbocycles. The van der Waals surface area contributed by atoms with Gasteiger partial charge in [-0.3, -0.25) is 0 Å². The molecule has 1 heterocycles. The van der Waals surface area contributed by atoms with E-state index in [0.717, 1.165) is 23.3 Å². The molecule has 0 radical (unpaired) electrons. The number of nitrogens with zero attached hydrogens (tertiary/aromatic N) is 4. The van der Waals surface area contributed by atoms with Crippen LogP contribution in [0.2, 0.25) is 0 Å². The molecule has 0 aliphatic carbocycles. The number of aliphatic carboxylic acids is 1. The zero-order valence-electron chi connectivity index (χ0n) is 13.0. The predicted molar refractivity (Wildman–Crippen MR) is 79.6 cm³/mol. The number of tetrazole rings is 1. The van der Waals surface area contributed by atoms with E-state index >= 15 is 0 Å². The lowest BCUT2D eigenvalue weighted by Crippen LogP contribution is -2.23. The van der Waals surface area contributed by atoms with Gasteiger partial charge in [-0.05, 0) is 47.9 Å². The van der Waals surface area contributed by atoms with Crippen LogP contribution >= 0.6 is 0 Å². The van der Waals surface area contributed by atoms with Crippen molar-refractivity contribution in [1.29, 1.82) is 0 Å². The maximum Gasteiger partial charge on any atom is 0.328 e. The molecule has 0 bridgehead atoms. The lowest BCUT2D eigenvalue weighted by molar-refractivity contribution is -0.141. The van der Waals surface area contributed by atoms with Gasteiger partial charge in [-0.1, -0.05) is 25.5 Å². The Labute approximate surface area is 128 Å². The smallest absolute Gasteiger partial charge is 0.328 e. The van der Waals surface area contributed by atoms with Crippen molar-refractivity contribution in [1.82, 2.24) is 20.2 Å². The maximum atomic E-state index is 11.4. The van der Waals surface area contributed by atoms with Crippen LogP contribution in [0.4, 0.5) is 0 Å². The topological polar surface area (TPSA) is 90.1 Å². The fourth-order valence-electron chi connectivity index (χ4n) is 2.18. The van der Waals surface area contributed by atoms with Crippen LogP contribution in [-0.4, -0.2) is 31.3 Å². The first-order valence-corrected chi connectivity index (χ1v) is 7.22. The Kier molecular flexibility index (Phi) is 5.08. The summed E-state index contributed by atoms with van der Waals surface area (Å²) in [6.07, 6.45) is 1.20. The van der Waals surface area contributed by atoms with E-state index in [4.69, 9.17) is 4.74 Å². The number of benzene rings is 1. The second-order valence-corrected chi connectivity index (χ2v) is 5.24. The van der Waals surface area contributed by atoms with E-state index in [1.165, 1.54) is 4.68 Å². The molecule has 2 rings (SSSR count). The fourth-order valence-corrected chi connectivity index (χ4v) is 2.18. The number of hydrogen-bond acceptors (Lipinski definition) is 5. The molecule has 0 amide bonds. The van der Waals surface area contributed by atoms with E-state index in [1.807, 2.05) is 39.0 Å². The summed E-state index contributed by atoms with van der Waals surface area (Å²) >= 11 is 0. The van der Waals surface area contributed by atoms with Crippen molar-refractivity contribution in [3.63, 3.8) is 0 Å². The van der Waals surface area contributed by atoms with E-state index < -0.39 is 12.0 Å². The molecule has 1 aromatic heterocycles. The first kappa shape index (κ1) is 15.9. The van der Waals surface area contributed by atoms with Crippen molar-refractivity contribution in [3.8, 4) is 5.75 Å². The summed E-state index contributed by atoms with van der Waals surface area (Å²) in [7, 11) is 0. The summed E-state index contributed by atoms with van der Waals surface area (Å²) in [6, 6.07) is 5.15. The molecule has 7 heteroatoms. The van der Waals surface area contributed by atoms with Gasteiger partial charge in [-0.2, -0.15) is 0 Å². The van der Waals surface area contributed by atoms with Crippen LogP contribution in [0.15, 0.2) is 18.2 Å². The lowest BCUT2D eigenvalue weighted by Gasteiger charge is -2.14. The molecule has 22 heavy (non-hydrogen) atoms. The monoisotopic (exact) mass is 304 g/mol. The number of rotatable bonds is 7. The minimum atomic E-state index is -0.942. The minimum Gasteiger partial charge on any atom is -0.485 e. The highest BCUT2D eigenvalue weighted by atomic mass is 16.5. The van der Waals surface area contributed by atoms with Crippen molar-refractivity contribution < 1.29 is 14.6 Å². The van der Waals surface area contributed by atoms with E-state index in [-0.39, 0.29) is 6.61 Å². The number of ether oxygens (including phenoxy) is 1. The number of aromatic nitrogens is 4. The molecule has 0 spiro atoms. The van der Waals surface area contributed by atoms with Gasteiger partial charge < -0.3 is 9.84 Å². The third-order valence-electron chi connectivity index (χ3n) is 3.40. The number of aryl methyl sites for hydroxylation is 2. The highest BCUT2D eigenvalue weighted by Crippen LogP contribution is 2.21. The highest BCUT2D eigenvalue weighted by molar-refractivity contribution is 5.71. The van der Waals surface area contributed by atoms with E-state index in [1.54, 1.807) is 0 Å². The number of hydrogen-bond donors (Lipinski definition) is 1. The van der Waals surface area contributed by atoms with E-state index in [9.17, 15) is 9.90 Å². The minimum absolute atomic E-state index is 0.130. The molecule has 0 aliphatic rings. The Balaban J connectivity index is 2.16. The first-order chi connectivity index (χ1) is 10.5. The Morgan fingerprint density at radius 2 is 2.18 bits per heavy atom. The average Bonchev–Trinajstić information content (AvgIpc) is 2.93. The Hall–Kier alpha value is -2.44. The van der Waals surface area contributed by atoms with Gasteiger partial charge in [-0.25, -0.2) is 9.48 Å². The van der Waals surface area contributed by atoms with Crippen LogP contribution in [0.1, 0.15) is 42.8 Å². The molecule has 2 aromatic rings. The summed E-state index contributed by atoms with van der Waals surface area (Å²) in [6.45, 7) is 5.99. The highest BCUT2D eigenvalue weighted by Gasteiger charge is 2.23. The molecular formula is C15H20N4O3. The Bertz CT molecular complexity index is 654. The first-order valence-electron chi connectivity index (χ1n) is 7.22. The molecule has 1 aromatic carbocycles. The lowest BCUT2D eigenvalue weighted by atomic mass is 10.1. The van der Waals surface area contributed by atoms with Crippen molar-refractivity contribution in [3.05, 3.63) is 35.2 Å². The van der Waals surface area contributed by atoms with Crippen LogP contribution in [-0.2, 0) is 11.4 Å². The van der Waals surface area contributed by atoms with E-state index in [0.29, 0.717) is 12.2 Å². The molecular weight excluding hydrogens is 284 g/mol. The van der Waals surface area contributed by atoms with Gasteiger partial charge in [-0.15, -0.1) is 5.10 Å². The molecule has 1 N–H and O–H groups in total. The Morgan fingerprint density at radius 3 is 2.86 bits per heavy atom. The zero-order valence-corrected chi connectivity index (χ0v) is 13.0. The normalized spacial score (nSPS) is 12.1. The van der Waals surface area contributed by atoms with Gasteiger partial charge >= 0.3 is 5.97 Å². The molecule has 0 fully saturated rings. The van der Waals surface area contributed by atoms with Crippen molar-refractivity contribution in [2.45, 2.75) is 46.3 Å². The van der Waals surface area contributed by atoms with Crippen molar-refractivity contribution in [2.75, 3.05) is 0 Å². The van der Waals surface area contributed by atoms with Crippen LogP contribution in [0, 0.1) is 13.8 Å². The number of carbonyl (C=O) groups is 1. The molecule has 118 valence electrons. The van der Waals surface area contributed by atoms with Crippen LogP contribution in [0.5, 0.6) is 5.75 Å². The summed E-state index contributed by atoms with van der Waals surface area (Å²) in [4.78, 5) is 11.4. The van der Waals surface area contributed by atoms with Gasteiger partial charge in [0.25, 0.3) is 0 Å². The third kappa shape index (κ3) is 3.60. The fraction of sp³-hybridized carbons (Fsp3) is 0.467. The second-order valence-electron chi connectivity index (χ2n) is 5.24. The third-order valence-corrected chi connectivity index (χ3v) is 3.40. The van der Waals surface area contributed by atoms with Crippen LogP contribution in [0.3, 0.4) is 0 Å². The van der Waals surface area contributed by atoms with Crippen LogP contribution < -0.4 is 4.74 Å². The van der Waals surface area contributed by atoms with Gasteiger partial charge in [0, 0.05) is 0 Å². The summed E-state index contributed by atoms with van der Waals surface area (Å²) in [5, 5.41) is 20.6. The zero-order chi connectivity index (χ0) is 16.1. The summed E-state index contributed by atoms with van der Waals surface area (Å²) in [5.41, 5.74) is 2.10. The molecule has 0 saturated heterocycles. The average molecular weight is 304 g/mol. The molecule has 1 unspecified atom stereocenters. The van der Waals surface area contributed by atoms with Crippen LogP contribution in [0.25, 0.3) is 0 Å². The summed E-state index contributed by atoms with van der Waals surface area (Å²) in [5.74, 6) is 0.209. The summed E-state index contributed by atoms with van der Waals surface area (Å²) < 4.78 is 7.08. The van der Waals surface area contributed by atoms with Gasteiger partial charge in [0.05, 0.1) is 0 Å². The predicted octanol–water partition coefficient (Wildman–Crippen LogP) is 2.29.